The Morgan fingerprint density at radius 3 is 2.86 bits per heavy atom. The van der Waals surface area contributed by atoms with Crippen molar-refractivity contribution in [2.24, 2.45) is 11.0 Å². The summed E-state index contributed by atoms with van der Waals surface area (Å²) in [5.41, 5.74) is 8.25. The molecule has 1 saturated carbocycles. The van der Waals surface area contributed by atoms with Crippen LogP contribution in [0.4, 0.5) is 0 Å². The van der Waals surface area contributed by atoms with E-state index in [0.29, 0.717) is 19.3 Å². The highest BCUT2D eigenvalue weighted by atomic mass is 16.5. The molecule has 1 aliphatic rings. The maximum Gasteiger partial charge on any atom is 0.309 e. The number of hydrogen-bond acceptors (Lipinski definition) is 3. The SMILES string of the molecule is CO[C@H]1C[C@@H](N=[N+]=[N-])CC[C@@H]1C(=O)O. The molecule has 0 aliphatic heterocycles. The van der Waals surface area contributed by atoms with Gasteiger partial charge in [0.15, 0.2) is 0 Å². The normalized spacial score (nSPS) is 31.9. The Labute approximate surface area is 81.5 Å². The minimum Gasteiger partial charge on any atom is -0.481 e. The smallest absolute Gasteiger partial charge is 0.309 e. The summed E-state index contributed by atoms with van der Waals surface area (Å²) >= 11 is 0. The van der Waals surface area contributed by atoms with E-state index in [1.807, 2.05) is 0 Å². The lowest BCUT2D eigenvalue weighted by molar-refractivity contribution is -0.148. The van der Waals surface area contributed by atoms with Crippen LogP contribution in [0.3, 0.4) is 0 Å². The molecular formula is C8H13N3O3. The lowest BCUT2D eigenvalue weighted by Gasteiger charge is -2.30. The molecule has 0 bridgehead atoms. The molecule has 14 heavy (non-hydrogen) atoms. The van der Waals surface area contributed by atoms with E-state index in [9.17, 15) is 4.79 Å². The first kappa shape index (κ1) is 10.8. The first-order valence-corrected chi connectivity index (χ1v) is 4.48. The van der Waals surface area contributed by atoms with E-state index in [1.54, 1.807) is 0 Å². The summed E-state index contributed by atoms with van der Waals surface area (Å²) < 4.78 is 5.08. The van der Waals surface area contributed by atoms with Gasteiger partial charge in [-0.05, 0) is 24.8 Å². The number of aliphatic carboxylic acids is 1. The Bertz CT molecular complexity index is 263. The van der Waals surface area contributed by atoms with Crippen molar-refractivity contribution in [3.8, 4) is 0 Å². The quantitative estimate of drug-likeness (QED) is 0.424. The zero-order valence-electron chi connectivity index (χ0n) is 7.96. The Hall–Kier alpha value is -1.26. The summed E-state index contributed by atoms with van der Waals surface area (Å²) in [6, 6.07) is -0.124. The van der Waals surface area contributed by atoms with Crippen LogP contribution in [-0.4, -0.2) is 30.3 Å². The van der Waals surface area contributed by atoms with Crippen LogP contribution in [-0.2, 0) is 9.53 Å². The number of nitrogens with zero attached hydrogens (tertiary/aromatic N) is 3. The van der Waals surface area contributed by atoms with Crippen LogP contribution < -0.4 is 0 Å². The Kier molecular flexibility index (Phi) is 3.73. The number of ether oxygens (including phenoxy) is 1. The van der Waals surface area contributed by atoms with E-state index in [1.165, 1.54) is 7.11 Å². The van der Waals surface area contributed by atoms with Crippen LogP contribution in [0, 0.1) is 5.92 Å². The van der Waals surface area contributed by atoms with Crippen molar-refractivity contribution in [3.63, 3.8) is 0 Å². The van der Waals surface area contributed by atoms with Gasteiger partial charge in [0.05, 0.1) is 12.0 Å². The van der Waals surface area contributed by atoms with Crippen molar-refractivity contribution in [1.29, 1.82) is 0 Å². The van der Waals surface area contributed by atoms with Gasteiger partial charge >= 0.3 is 5.97 Å². The molecule has 0 aromatic heterocycles. The molecule has 0 saturated heterocycles. The van der Waals surface area contributed by atoms with Crippen molar-refractivity contribution in [2.75, 3.05) is 7.11 Å². The van der Waals surface area contributed by atoms with E-state index in [4.69, 9.17) is 15.4 Å². The number of carbonyl (C=O) groups is 1. The van der Waals surface area contributed by atoms with E-state index in [0.717, 1.165) is 0 Å². The topological polar surface area (TPSA) is 95.3 Å². The van der Waals surface area contributed by atoms with E-state index < -0.39 is 11.9 Å². The van der Waals surface area contributed by atoms with Gasteiger partial charge in [0, 0.05) is 18.1 Å². The number of carboxylic acids is 1. The second-order valence-corrected chi connectivity index (χ2v) is 3.39. The molecule has 0 spiro atoms. The first-order valence-electron chi connectivity index (χ1n) is 4.48. The molecule has 6 nitrogen and oxygen atoms in total. The molecular weight excluding hydrogens is 186 g/mol. The minimum absolute atomic E-state index is 0.124. The number of rotatable bonds is 3. The second kappa shape index (κ2) is 4.83. The number of hydrogen-bond donors (Lipinski definition) is 1. The van der Waals surface area contributed by atoms with Gasteiger partial charge < -0.3 is 9.84 Å². The molecule has 0 radical (unpaired) electrons. The van der Waals surface area contributed by atoms with Crippen LogP contribution in [0.1, 0.15) is 19.3 Å². The number of methoxy groups -OCH3 is 1. The summed E-state index contributed by atoms with van der Waals surface area (Å²) in [7, 11) is 1.49. The predicted molar refractivity (Wildman–Crippen MR) is 48.7 cm³/mol. The Morgan fingerprint density at radius 1 is 1.64 bits per heavy atom. The van der Waals surface area contributed by atoms with Gasteiger partial charge in [0.2, 0.25) is 0 Å². The molecule has 1 aliphatic carbocycles. The van der Waals surface area contributed by atoms with Crippen LogP contribution in [0.2, 0.25) is 0 Å². The molecule has 0 heterocycles. The Balaban J connectivity index is 2.63. The van der Waals surface area contributed by atoms with Gasteiger partial charge in [-0.25, -0.2) is 0 Å². The average molecular weight is 199 g/mol. The van der Waals surface area contributed by atoms with Crippen LogP contribution >= 0.6 is 0 Å². The third-order valence-electron chi connectivity index (χ3n) is 2.60. The number of azide groups is 1. The van der Waals surface area contributed by atoms with Crippen LogP contribution in [0.15, 0.2) is 5.11 Å². The summed E-state index contributed by atoms with van der Waals surface area (Å²) in [4.78, 5) is 13.5. The zero-order chi connectivity index (χ0) is 10.6. The van der Waals surface area contributed by atoms with Crippen molar-refractivity contribution < 1.29 is 14.6 Å². The molecule has 1 N–H and O–H groups in total. The molecule has 1 rings (SSSR count). The summed E-state index contributed by atoms with van der Waals surface area (Å²) in [6.45, 7) is 0. The fourth-order valence-electron chi connectivity index (χ4n) is 1.83. The van der Waals surface area contributed by atoms with E-state index >= 15 is 0 Å². The highest BCUT2D eigenvalue weighted by molar-refractivity contribution is 5.70. The maximum atomic E-state index is 10.8. The molecule has 3 atom stereocenters. The van der Waals surface area contributed by atoms with E-state index in [-0.39, 0.29) is 12.1 Å². The van der Waals surface area contributed by atoms with Gasteiger partial charge in [-0.3, -0.25) is 4.79 Å². The fourth-order valence-corrected chi connectivity index (χ4v) is 1.83. The third kappa shape index (κ3) is 2.37. The van der Waals surface area contributed by atoms with Gasteiger partial charge in [0.1, 0.15) is 0 Å². The third-order valence-corrected chi connectivity index (χ3v) is 2.60. The molecule has 0 unspecified atom stereocenters. The Morgan fingerprint density at radius 2 is 2.36 bits per heavy atom. The lowest BCUT2D eigenvalue weighted by Crippen LogP contribution is -2.37. The summed E-state index contributed by atoms with van der Waals surface area (Å²) in [5.74, 6) is -1.30. The van der Waals surface area contributed by atoms with E-state index in [2.05, 4.69) is 10.0 Å². The summed E-state index contributed by atoms with van der Waals surface area (Å²) in [5, 5.41) is 12.5. The average Bonchev–Trinajstić information content (AvgIpc) is 2.17. The summed E-state index contributed by atoms with van der Waals surface area (Å²) in [6.07, 6.45) is 1.30. The molecule has 78 valence electrons. The monoisotopic (exact) mass is 199 g/mol. The maximum absolute atomic E-state index is 10.8. The second-order valence-electron chi connectivity index (χ2n) is 3.39. The van der Waals surface area contributed by atoms with Gasteiger partial charge in [-0.1, -0.05) is 5.11 Å². The highest BCUT2D eigenvalue weighted by Gasteiger charge is 2.34. The van der Waals surface area contributed by atoms with Crippen molar-refractivity contribution in [2.45, 2.75) is 31.4 Å². The highest BCUT2D eigenvalue weighted by Crippen LogP contribution is 2.28. The minimum atomic E-state index is -0.837. The van der Waals surface area contributed by atoms with Gasteiger partial charge in [0.25, 0.3) is 0 Å². The molecule has 0 aromatic carbocycles. The molecule has 0 aromatic rings. The largest absolute Gasteiger partial charge is 0.481 e. The van der Waals surface area contributed by atoms with Crippen molar-refractivity contribution >= 4 is 5.97 Å². The lowest BCUT2D eigenvalue weighted by atomic mass is 9.84. The fraction of sp³-hybridized carbons (Fsp3) is 0.875. The predicted octanol–water partition coefficient (Wildman–Crippen LogP) is 1.56. The zero-order valence-corrected chi connectivity index (χ0v) is 7.96. The molecule has 1 fully saturated rings. The van der Waals surface area contributed by atoms with Gasteiger partial charge in [-0.2, -0.15) is 0 Å². The van der Waals surface area contributed by atoms with Crippen LogP contribution in [0.25, 0.3) is 10.4 Å². The molecule has 0 amide bonds. The van der Waals surface area contributed by atoms with Crippen molar-refractivity contribution in [3.05, 3.63) is 10.4 Å². The molecule has 6 heteroatoms. The standard InChI is InChI=1S/C8H13N3O3/c1-14-7-4-5(10-11-9)2-3-6(7)8(12)13/h5-7H,2-4H2,1H3,(H,12,13)/t5-,6-,7-/m0/s1. The van der Waals surface area contributed by atoms with Crippen LogP contribution in [0.5, 0.6) is 0 Å². The number of carboxylic acid groups (broad SMARTS) is 1. The van der Waals surface area contributed by atoms with Crippen molar-refractivity contribution in [1.82, 2.24) is 0 Å². The first-order chi connectivity index (χ1) is 6.69. The van der Waals surface area contributed by atoms with Gasteiger partial charge in [-0.15, -0.1) is 0 Å².